The topological polar surface area (TPSA) is 29.5 Å². The molecule has 1 fully saturated rings. The molecule has 0 aromatic rings. The fourth-order valence-electron chi connectivity index (χ4n) is 1.43. The first-order chi connectivity index (χ1) is 4.84. The van der Waals surface area contributed by atoms with Gasteiger partial charge in [-0.1, -0.05) is 6.92 Å². The molecule has 0 amide bonds. The fourth-order valence-corrected chi connectivity index (χ4v) is 1.43. The number of aliphatic hydroxyl groups is 1. The molecule has 2 heteroatoms. The Kier molecular flexibility index (Phi) is 3.16. The predicted octanol–water partition coefficient (Wildman–Crippen LogP) is 1.04. The molecule has 0 bridgehead atoms. The van der Waals surface area contributed by atoms with Gasteiger partial charge in [-0.15, -0.1) is 0 Å². The first kappa shape index (κ1) is 8.02. The van der Waals surface area contributed by atoms with E-state index in [4.69, 9.17) is 9.84 Å². The van der Waals surface area contributed by atoms with Gasteiger partial charge in [0, 0.05) is 19.8 Å². The highest BCUT2D eigenvalue weighted by atomic mass is 16.5. The fraction of sp³-hybridized carbons (Fsp3) is 1.00. The van der Waals surface area contributed by atoms with E-state index in [0.29, 0.717) is 18.4 Å². The Labute approximate surface area is 62.2 Å². The molecule has 1 saturated heterocycles. The maximum atomic E-state index is 8.57. The molecule has 0 aromatic heterocycles. The first-order valence-corrected chi connectivity index (χ1v) is 4.03. The van der Waals surface area contributed by atoms with Gasteiger partial charge in [0.2, 0.25) is 0 Å². The summed E-state index contributed by atoms with van der Waals surface area (Å²) in [4.78, 5) is 0. The van der Waals surface area contributed by atoms with Crippen molar-refractivity contribution in [1.29, 1.82) is 0 Å². The Morgan fingerprint density at radius 3 is 2.80 bits per heavy atom. The normalized spacial score (nSPS) is 33.0. The van der Waals surface area contributed by atoms with Crippen LogP contribution < -0.4 is 0 Å². The molecule has 0 saturated carbocycles. The van der Waals surface area contributed by atoms with Gasteiger partial charge in [-0.3, -0.25) is 0 Å². The van der Waals surface area contributed by atoms with Crippen LogP contribution in [0, 0.1) is 11.8 Å². The van der Waals surface area contributed by atoms with Gasteiger partial charge in [-0.2, -0.15) is 0 Å². The van der Waals surface area contributed by atoms with Crippen molar-refractivity contribution in [3.05, 3.63) is 0 Å². The van der Waals surface area contributed by atoms with E-state index in [1.807, 2.05) is 0 Å². The lowest BCUT2D eigenvalue weighted by molar-refractivity contribution is 0.178. The van der Waals surface area contributed by atoms with Crippen LogP contribution in [0.1, 0.15) is 19.8 Å². The lowest BCUT2D eigenvalue weighted by Gasteiger charge is -2.10. The Morgan fingerprint density at radius 2 is 2.30 bits per heavy atom. The second-order valence-corrected chi connectivity index (χ2v) is 3.14. The van der Waals surface area contributed by atoms with Crippen LogP contribution >= 0.6 is 0 Å². The summed E-state index contributed by atoms with van der Waals surface area (Å²) < 4.78 is 5.28. The minimum absolute atomic E-state index is 0.323. The standard InChI is InChI=1S/C8H16O2/c1-7-5-10-6-8(7)3-2-4-9/h7-9H,2-6H2,1H3. The summed E-state index contributed by atoms with van der Waals surface area (Å²) in [6, 6.07) is 0. The third-order valence-electron chi connectivity index (χ3n) is 2.25. The van der Waals surface area contributed by atoms with Crippen molar-refractivity contribution in [2.24, 2.45) is 11.8 Å². The Hall–Kier alpha value is -0.0800. The first-order valence-electron chi connectivity index (χ1n) is 4.03. The Bertz CT molecular complexity index is 93.3. The molecule has 1 N–H and O–H groups in total. The highest BCUT2D eigenvalue weighted by molar-refractivity contribution is 4.70. The third kappa shape index (κ3) is 1.96. The quantitative estimate of drug-likeness (QED) is 0.641. The number of hydrogen-bond donors (Lipinski definition) is 1. The van der Waals surface area contributed by atoms with Crippen LogP contribution in [-0.2, 0) is 4.74 Å². The van der Waals surface area contributed by atoms with Gasteiger partial charge in [-0.25, -0.2) is 0 Å². The number of aliphatic hydroxyl groups excluding tert-OH is 1. The van der Waals surface area contributed by atoms with Gasteiger partial charge in [0.25, 0.3) is 0 Å². The Morgan fingerprint density at radius 1 is 1.50 bits per heavy atom. The second-order valence-electron chi connectivity index (χ2n) is 3.14. The summed E-state index contributed by atoms with van der Waals surface area (Å²) in [5.41, 5.74) is 0. The van der Waals surface area contributed by atoms with Crippen LogP contribution in [-0.4, -0.2) is 24.9 Å². The minimum Gasteiger partial charge on any atom is -0.396 e. The maximum Gasteiger partial charge on any atom is 0.0497 e. The lowest BCUT2D eigenvalue weighted by atomic mass is 9.94. The molecular weight excluding hydrogens is 128 g/mol. The van der Waals surface area contributed by atoms with Crippen molar-refractivity contribution in [3.8, 4) is 0 Å². The van der Waals surface area contributed by atoms with Crippen LogP contribution in [0.2, 0.25) is 0 Å². The van der Waals surface area contributed by atoms with E-state index in [1.165, 1.54) is 0 Å². The number of ether oxygens (including phenoxy) is 1. The molecule has 1 aliphatic heterocycles. The van der Waals surface area contributed by atoms with Gasteiger partial charge in [0.05, 0.1) is 0 Å². The van der Waals surface area contributed by atoms with Crippen molar-refractivity contribution in [2.45, 2.75) is 19.8 Å². The summed E-state index contributed by atoms with van der Waals surface area (Å²) >= 11 is 0. The summed E-state index contributed by atoms with van der Waals surface area (Å²) in [5.74, 6) is 1.40. The smallest absolute Gasteiger partial charge is 0.0497 e. The van der Waals surface area contributed by atoms with Crippen molar-refractivity contribution >= 4 is 0 Å². The molecule has 60 valence electrons. The molecule has 2 nitrogen and oxygen atoms in total. The minimum atomic E-state index is 0.323. The molecule has 2 atom stereocenters. The van der Waals surface area contributed by atoms with E-state index < -0.39 is 0 Å². The molecule has 1 heterocycles. The molecule has 0 spiro atoms. The van der Waals surface area contributed by atoms with Gasteiger partial charge in [0.1, 0.15) is 0 Å². The van der Waals surface area contributed by atoms with Crippen molar-refractivity contribution < 1.29 is 9.84 Å². The van der Waals surface area contributed by atoms with E-state index >= 15 is 0 Å². The second kappa shape index (κ2) is 3.94. The number of hydrogen-bond acceptors (Lipinski definition) is 2. The van der Waals surface area contributed by atoms with Crippen molar-refractivity contribution in [2.75, 3.05) is 19.8 Å². The van der Waals surface area contributed by atoms with Gasteiger partial charge in [0.15, 0.2) is 0 Å². The van der Waals surface area contributed by atoms with Crippen molar-refractivity contribution in [1.82, 2.24) is 0 Å². The van der Waals surface area contributed by atoms with E-state index in [2.05, 4.69) is 6.92 Å². The van der Waals surface area contributed by atoms with Gasteiger partial charge >= 0.3 is 0 Å². The predicted molar refractivity (Wildman–Crippen MR) is 39.8 cm³/mol. The van der Waals surface area contributed by atoms with E-state index in [0.717, 1.165) is 26.1 Å². The molecule has 0 aromatic carbocycles. The average Bonchev–Trinajstić information content (AvgIpc) is 2.31. The summed E-state index contributed by atoms with van der Waals surface area (Å²) in [5, 5.41) is 8.57. The molecular formula is C8H16O2. The monoisotopic (exact) mass is 144 g/mol. The van der Waals surface area contributed by atoms with E-state index in [1.54, 1.807) is 0 Å². The third-order valence-corrected chi connectivity index (χ3v) is 2.25. The lowest BCUT2D eigenvalue weighted by Crippen LogP contribution is -2.08. The summed E-state index contributed by atoms with van der Waals surface area (Å²) in [6.07, 6.45) is 2.05. The van der Waals surface area contributed by atoms with E-state index in [9.17, 15) is 0 Å². The SMILES string of the molecule is CC1COCC1CCCO. The zero-order valence-corrected chi connectivity index (χ0v) is 6.55. The van der Waals surface area contributed by atoms with Crippen LogP contribution in [0.15, 0.2) is 0 Å². The summed E-state index contributed by atoms with van der Waals surface area (Å²) in [6.45, 7) is 4.36. The van der Waals surface area contributed by atoms with Gasteiger partial charge < -0.3 is 9.84 Å². The van der Waals surface area contributed by atoms with Crippen LogP contribution in [0.4, 0.5) is 0 Å². The van der Waals surface area contributed by atoms with Crippen LogP contribution in [0.3, 0.4) is 0 Å². The maximum absolute atomic E-state index is 8.57. The zero-order valence-electron chi connectivity index (χ0n) is 6.55. The molecule has 0 radical (unpaired) electrons. The van der Waals surface area contributed by atoms with E-state index in [-0.39, 0.29) is 0 Å². The zero-order chi connectivity index (χ0) is 7.40. The highest BCUT2D eigenvalue weighted by Crippen LogP contribution is 2.23. The molecule has 2 unspecified atom stereocenters. The van der Waals surface area contributed by atoms with Crippen LogP contribution in [0.25, 0.3) is 0 Å². The van der Waals surface area contributed by atoms with Crippen molar-refractivity contribution in [3.63, 3.8) is 0 Å². The Balaban J connectivity index is 2.14. The molecule has 0 aliphatic carbocycles. The summed E-state index contributed by atoms with van der Waals surface area (Å²) in [7, 11) is 0. The molecule has 1 rings (SSSR count). The average molecular weight is 144 g/mol. The van der Waals surface area contributed by atoms with Gasteiger partial charge in [-0.05, 0) is 24.7 Å². The van der Waals surface area contributed by atoms with Crippen LogP contribution in [0.5, 0.6) is 0 Å². The molecule has 10 heavy (non-hydrogen) atoms. The number of rotatable bonds is 3. The highest BCUT2D eigenvalue weighted by Gasteiger charge is 2.22. The largest absolute Gasteiger partial charge is 0.396 e. The molecule has 1 aliphatic rings.